The Kier molecular flexibility index (Phi) is 7.04. The van der Waals surface area contributed by atoms with Crippen LogP contribution in [-0.2, 0) is 4.79 Å². The van der Waals surface area contributed by atoms with E-state index in [1.807, 2.05) is 53.4 Å². The van der Waals surface area contributed by atoms with Gasteiger partial charge in [0.05, 0.1) is 23.5 Å². The number of hydrogen-bond acceptors (Lipinski definition) is 3. The first kappa shape index (κ1) is 25.7. The summed E-state index contributed by atoms with van der Waals surface area (Å²) in [6.45, 7) is 10.9. The molecule has 0 bridgehead atoms. The van der Waals surface area contributed by atoms with E-state index in [1.54, 1.807) is 6.20 Å². The Labute approximate surface area is 229 Å². The largest absolute Gasteiger partial charge is 0.352 e. The standard InChI is InChI=1S/C31H33N5OS/c1-19-15-20(2)29(21(3)16-19)36-22(4)17-25(23(36)5)30-28(26-13-9-10-14-32-26)34-31(38)35(30)18-27(37)33-24-11-7-6-8-12-24/h6-17,28,30H,18H2,1-5H3,(H,33,37)(H,34,38)/t28-,30-/m1/s1. The van der Waals surface area contributed by atoms with Crippen molar-refractivity contribution in [2.75, 3.05) is 11.9 Å². The van der Waals surface area contributed by atoms with Gasteiger partial charge in [-0.1, -0.05) is 42.0 Å². The van der Waals surface area contributed by atoms with Crippen molar-refractivity contribution in [3.8, 4) is 5.69 Å². The summed E-state index contributed by atoms with van der Waals surface area (Å²) in [5, 5.41) is 7.02. The second-order valence-electron chi connectivity index (χ2n) is 10.1. The molecule has 2 aromatic carbocycles. The molecule has 2 aromatic heterocycles. The van der Waals surface area contributed by atoms with E-state index < -0.39 is 0 Å². The van der Waals surface area contributed by atoms with Gasteiger partial charge in [0.2, 0.25) is 5.91 Å². The Hall–Kier alpha value is -3.97. The first-order valence-electron chi connectivity index (χ1n) is 12.8. The molecule has 0 aliphatic carbocycles. The van der Waals surface area contributed by atoms with E-state index in [-0.39, 0.29) is 24.5 Å². The van der Waals surface area contributed by atoms with Crippen LogP contribution in [0.5, 0.6) is 0 Å². The van der Waals surface area contributed by atoms with Crippen molar-refractivity contribution in [2.45, 2.75) is 46.7 Å². The number of para-hydroxylation sites is 1. The van der Waals surface area contributed by atoms with Crippen molar-refractivity contribution in [3.05, 3.63) is 112 Å². The van der Waals surface area contributed by atoms with Gasteiger partial charge in [0, 0.05) is 23.3 Å². The van der Waals surface area contributed by atoms with Crippen LogP contribution in [0.2, 0.25) is 0 Å². The number of nitrogens with zero attached hydrogens (tertiary/aromatic N) is 3. The van der Waals surface area contributed by atoms with E-state index in [0.717, 1.165) is 28.3 Å². The molecule has 194 valence electrons. The Morgan fingerprint density at radius 3 is 2.32 bits per heavy atom. The predicted octanol–water partition coefficient (Wildman–Crippen LogP) is 6.03. The SMILES string of the molecule is Cc1cc(C)c(-n2c(C)cc([C@@H]3[C@@H](c4ccccn4)NC(=S)N3CC(=O)Nc3ccccc3)c2C)c(C)c1. The second-order valence-corrected chi connectivity index (χ2v) is 10.5. The molecule has 1 aliphatic rings. The summed E-state index contributed by atoms with van der Waals surface area (Å²) in [7, 11) is 0. The average molecular weight is 524 g/mol. The van der Waals surface area contributed by atoms with E-state index in [9.17, 15) is 4.79 Å². The number of hydrogen-bond donors (Lipinski definition) is 2. The maximum atomic E-state index is 13.2. The van der Waals surface area contributed by atoms with Crippen LogP contribution in [0.1, 0.15) is 51.4 Å². The zero-order valence-corrected chi connectivity index (χ0v) is 23.3. The summed E-state index contributed by atoms with van der Waals surface area (Å²) in [4.78, 5) is 19.8. The van der Waals surface area contributed by atoms with Crippen molar-refractivity contribution in [3.63, 3.8) is 0 Å². The summed E-state index contributed by atoms with van der Waals surface area (Å²) in [5.74, 6) is -0.119. The van der Waals surface area contributed by atoms with E-state index in [1.165, 1.54) is 22.4 Å². The number of nitrogens with one attached hydrogen (secondary N) is 2. The van der Waals surface area contributed by atoms with E-state index >= 15 is 0 Å². The molecule has 4 aromatic rings. The Bertz CT molecular complexity index is 1470. The van der Waals surface area contributed by atoms with Gasteiger partial charge in [-0.3, -0.25) is 9.78 Å². The molecule has 38 heavy (non-hydrogen) atoms. The molecule has 0 saturated carbocycles. The summed E-state index contributed by atoms with van der Waals surface area (Å²) in [6.07, 6.45) is 1.80. The molecule has 7 heteroatoms. The fourth-order valence-electron chi connectivity index (χ4n) is 5.75. The zero-order valence-electron chi connectivity index (χ0n) is 22.4. The molecule has 1 saturated heterocycles. The van der Waals surface area contributed by atoms with Gasteiger partial charge in [-0.2, -0.15) is 0 Å². The lowest BCUT2D eigenvalue weighted by atomic mass is 9.96. The summed E-state index contributed by atoms with van der Waals surface area (Å²) >= 11 is 5.81. The van der Waals surface area contributed by atoms with Crippen molar-refractivity contribution < 1.29 is 4.79 Å². The number of carbonyl (C=O) groups excluding carboxylic acids is 1. The Morgan fingerprint density at radius 1 is 0.974 bits per heavy atom. The van der Waals surface area contributed by atoms with E-state index in [0.29, 0.717) is 5.11 Å². The molecule has 5 rings (SSSR count). The van der Waals surface area contributed by atoms with Gasteiger partial charge < -0.3 is 20.1 Å². The van der Waals surface area contributed by atoms with E-state index in [4.69, 9.17) is 12.2 Å². The lowest BCUT2D eigenvalue weighted by Crippen LogP contribution is -2.37. The van der Waals surface area contributed by atoms with Crippen LogP contribution in [0.15, 0.2) is 72.9 Å². The number of rotatable bonds is 6. The molecule has 1 aliphatic heterocycles. The van der Waals surface area contributed by atoms with Gasteiger partial charge in [-0.25, -0.2) is 0 Å². The number of benzene rings is 2. The van der Waals surface area contributed by atoms with Gasteiger partial charge in [0.25, 0.3) is 0 Å². The molecular weight excluding hydrogens is 490 g/mol. The number of aromatic nitrogens is 2. The topological polar surface area (TPSA) is 62.2 Å². The lowest BCUT2D eigenvalue weighted by Gasteiger charge is -2.28. The molecule has 2 atom stereocenters. The van der Waals surface area contributed by atoms with Crippen LogP contribution in [0, 0.1) is 34.6 Å². The number of amides is 1. The minimum absolute atomic E-state index is 0.119. The summed E-state index contributed by atoms with van der Waals surface area (Å²) in [6, 6.07) is 21.7. The van der Waals surface area contributed by atoms with Crippen LogP contribution in [0.4, 0.5) is 5.69 Å². The highest BCUT2D eigenvalue weighted by Crippen LogP contribution is 2.41. The van der Waals surface area contributed by atoms with Crippen molar-refractivity contribution in [1.29, 1.82) is 0 Å². The number of pyridine rings is 1. The Morgan fingerprint density at radius 2 is 1.66 bits per heavy atom. The highest BCUT2D eigenvalue weighted by atomic mass is 32.1. The van der Waals surface area contributed by atoms with Crippen LogP contribution in [-0.4, -0.2) is 32.0 Å². The molecule has 2 N–H and O–H groups in total. The average Bonchev–Trinajstić information content (AvgIpc) is 3.35. The third-order valence-electron chi connectivity index (χ3n) is 7.22. The lowest BCUT2D eigenvalue weighted by molar-refractivity contribution is -0.116. The van der Waals surface area contributed by atoms with Gasteiger partial charge >= 0.3 is 0 Å². The van der Waals surface area contributed by atoms with Crippen molar-refractivity contribution in [2.24, 2.45) is 0 Å². The fraction of sp³-hybridized carbons (Fsp3) is 0.258. The van der Waals surface area contributed by atoms with Gasteiger partial charge in [0.15, 0.2) is 5.11 Å². The number of aryl methyl sites for hydroxylation is 4. The van der Waals surface area contributed by atoms with E-state index in [2.05, 4.69) is 73.0 Å². The minimum atomic E-state index is -0.204. The maximum Gasteiger partial charge on any atom is 0.244 e. The normalized spacial score (nSPS) is 17.0. The zero-order chi connectivity index (χ0) is 27.0. The van der Waals surface area contributed by atoms with Gasteiger partial charge in [0.1, 0.15) is 6.54 Å². The molecule has 0 unspecified atom stereocenters. The van der Waals surface area contributed by atoms with Gasteiger partial charge in [-0.15, -0.1) is 0 Å². The number of anilines is 1. The minimum Gasteiger partial charge on any atom is -0.352 e. The molecular formula is C31H33N5OS. The highest BCUT2D eigenvalue weighted by Gasteiger charge is 2.42. The molecule has 6 nitrogen and oxygen atoms in total. The third-order valence-corrected chi connectivity index (χ3v) is 7.57. The van der Waals surface area contributed by atoms with Crippen molar-refractivity contribution >= 4 is 28.9 Å². The smallest absolute Gasteiger partial charge is 0.244 e. The number of carbonyl (C=O) groups is 1. The highest BCUT2D eigenvalue weighted by molar-refractivity contribution is 7.80. The first-order valence-corrected chi connectivity index (χ1v) is 13.3. The van der Waals surface area contributed by atoms with Crippen LogP contribution in [0.25, 0.3) is 5.69 Å². The molecule has 3 heterocycles. The first-order chi connectivity index (χ1) is 18.2. The maximum absolute atomic E-state index is 13.2. The van der Waals surface area contributed by atoms with Crippen molar-refractivity contribution in [1.82, 2.24) is 19.8 Å². The second kappa shape index (κ2) is 10.4. The number of thiocarbonyl (C=S) groups is 1. The van der Waals surface area contributed by atoms with Crippen LogP contribution >= 0.6 is 12.2 Å². The molecule has 1 amide bonds. The van der Waals surface area contributed by atoms with Crippen LogP contribution in [0.3, 0.4) is 0 Å². The predicted molar refractivity (Wildman–Crippen MR) is 157 cm³/mol. The quantitative estimate of drug-likeness (QED) is 0.303. The third kappa shape index (κ3) is 4.82. The monoisotopic (exact) mass is 523 g/mol. The molecule has 0 spiro atoms. The fourth-order valence-corrected chi connectivity index (χ4v) is 6.05. The Balaban J connectivity index is 1.58. The molecule has 0 radical (unpaired) electrons. The summed E-state index contributed by atoms with van der Waals surface area (Å²) < 4.78 is 2.33. The molecule has 1 fully saturated rings. The summed E-state index contributed by atoms with van der Waals surface area (Å²) in [5.41, 5.74) is 9.96. The van der Waals surface area contributed by atoms with Crippen LogP contribution < -0.4 is 10.6 Å². The van der Waals surface area contributed by atoms with Gasteiger partial charge in [-0.05, 0) is 93.9 Å².